The van der Waals surface area contributed by atoms with Gasteiger partial charge in [0.25, 0.3) is 5.91 Å². The zero-order valence-corrected chi connectivity index (χ0v) is 13.7. The van der Waals surface area contributed by atoms with Gasteiger partial charge in [0.1, 0.15) is 5.82 Å². The zero-order chi connectivity index (χ0) is 15.8. The predicted molar refractivity (Wildman–Crippen MR) is 92.1 cm³/mol. The summed E-state index contributed by atoms with van der Waals surface area (Å²) in [7, 11) is 1.88. The third kappa shape index (κ3) is 2.39. The largest absolute Gasteiger partial charge is 0.371 e. The monoisotopic (exact) mass is 326 g/mol. The maximum absolute atomic E-state index is 12.7. The van der Waals surface area contributed by atoms with E-state index in [0.717, 1.165) is 41.3 Å². The second kappa shape index (κ2) is 5.70. The van der Waals surface area contributed by atoms with Crippen LogP contribution in [0.2, 0.25) is 0 Å². The third-order valence-electron chi connectivity index (χ3n) is 4.36. The highest BCUT2D eigenvalue weighted by atomic mass is 32.1. The minimum absolute atomic E-state index is 0.0449. The van der Waals surface area contributed by atoms with Gasteiger partial charge in [0, 0.05) is 26.0 Å². The molecule has 23 heavy (non-hydrogen) atoms. The number of anilines is 1. The van der Waals surface area contributed by atoms with Gasteiger partial charge in [-0.1, -0.05) is 6.07 Å². The minimum Gasteiger partial charge on any atom is -0.371 e. The van der Waals surface area contributed by atoms with Gasteiger partial charge in [0.2, 0.25) is 0 Å². The Morgan fingerprint density at radius 1 is 1.39 bits per heavy atom. The molecule has 1 aliphatic rings. The van der Waals surface area contributed by atoms with Crippen LogP contribution in [0.25, 0.3) is 5.52 Å². The number of fused-ring (bicyclic) bond motifs is 1. The van der Waals surface area contributed by atoms with Crippen LogP contribution in [0.15, 0.2) is 42.0 Å². The van der Waals surface area contributed by atoms with Gasteiger partial charge in [0.05, 0.1) is 22.1 Å². The first-order valence-corrected chi connectivity index (χ1v) is 8.66. The highest BCUT2D eigenvalue weighted by Crippen LogP contribution is 2.34. The highest BCUT2D eigenvalue weighted by Gasteiger charge is 2.32. The second-order valence-corrected chi connectivity index (χ2v) is 6.65. The van der Waals surface area contributed by atoms with Gasteiger partial charge >= 0.3 is 0 Å². The van der Waals surface area contributed by atoms with E-state index in [-0.39, 0.29) is 11.9 Å². The Kier molecular flexibility index (Phi) is 3.53. The fraction of sp³-hybridized carbons (Fsp3) is 0.294. The lowest BCUT2D eigenvalue weighted by Crippen LogP contribution is -2.30. The van der Waals surface area contributed by atoms with E-state index in [1.54, 1.807) is 0 Å². The molecule has 6 heteroatoms. The molecule has 0 saturated carbocycles. The number of thiophene rings is 1. The molecule has 1 fully saturated rings. The van der Waals surface area contributed by atoms with Crippen molar-refractivity contribution in [2.24, 2.45) is 0 Å². The number of nitrogens with zero attached hydrogens (tertiary/aromatic N) is 3. The summed E-state index contributed by atoms with van der Waals surface area (Å²) in [4.78, 5) is 20.3. The number of hydrogen-bond donors (Lipinski definition) is 1. The van der Waals surface area contributed by atoms with Gasteiger partial charge in [-0.15, -0.1) is 11.3 Å². The van der Waals surface area contributed by atoms with Crippen molar-refractivity contribution < 1.29 is 4.79 Å². The minimum atomic E-state index is 0.0449. The van der Waals surface area contributed by atoms with Gasteiger partial charge < -0.3 is 14.6 Å². The average Bonchev–Trinajstić information content (AvgIpc) is 3.33. The SMILES string of the molecule is CNc1nc([C@@H]2CCCN2C(=O)c2cccs2)cn2cccc12. The quantitative estimate of drug-likeness (QED) is 0.802. The van der Waals surface area contributed by atoms with E-state index < -0.39 is 0 Å². The van der Waals surface area contributed by atoms with Gasteiger partial charge in [-0.25, -0.2) is 4.98 Å². The smallest absolute Gasteiger partial charge is 0.264 e. The van der Waals surface area contributed by atoms with E-state index in [4.69, 9.17) is 4.98 Å². The van der Waals surface area contributed by atoms with Crippen LogP contribution in [-0.2, 0) is 0 Å². The molecule has 0 spiro atoms. The molecular weight excluding hydrogens is 308 g/mol. The van der Waals surface area contributed by atoms with Crippen LogP contribution in [0.1, 0.15) is 34.2 Å². The molecule has 3 aromatic rings. The summed E-state index contributed by atoms with van der Waals surface area (Å²) in [5.74, 6) is 0.964. The summed E-state index contributed by atoms with van der Waals surface area (Å²) in [6.07, 6.45) is 6.03. The number of hydrogen-bond acceptors (Lipinski definition) is 4. The van der Waals surface area contributed by atoms with E-state index in [2.05, 4.69) is 9.72 Å². The van der Waals surface area contributed by atoms with E-state index in [0.29, 0.717) is 0 Å². The van der Waals surface area contributed by atoms with E-state index in [1.807, 2.05) is 54.0 Å². The Labute approximate surface area is 138 Å². The van der Waals surface area contributed by atoms with Gasteiger partial charge in [-0.3, -0.25) is 4.79 Å². The summed E-state index contributed by atoms with van der Waals surface area (Å²) in [5, 5.41) is 5.10. The van der Waals surface area contributed by atoms with Crippen molar-refractivity contribution in [3.8, 4) is 0 Å². The van der Waals surface area contributed by atoms with Crippen LogP contribution in [0, 0.1) is 0 Å². The van der Waals surface area contributed by atoms with Gasteiger partial charge in [-0.05, 0) is 36.4 Å². The lowest BCUT2D eigenvalue weighted by molar-refractivity contribution is 0.0737. The molecule has 0 unspecified atom stereocenters. The number of rotatable bonds is 3. The molecule has 3 aromatic heterocycles. The predicted octanol–water partition coefficient (Wildman–Crippen LogP) is 3.41. The van der Waals surface area contributed by atoms with Gasteiger partial charge in [-0.2, -0.15) is 0 Å². The molecule has 0 bridgehead atoms. The normalized spacial score (nSPS) is 17.8. The number of carbonyl (C=O) groups excluding carboxylic acids is 1. The maximum atomic E-state index is 12.7. The second-order valence-electron chi connectivity index (χ2n) is 5.70. The maximum Gasteiger partial charge on any atom is 0.264 e. The molecule has 0 aliphatic carbocycles. The molecule has 1 aliphatic heterocycles. The number of amides is 1. The lowest BCUT2D eigenvalue weighted by Gasteiger charge is -2.24. The van der Waals surface area contributed by atoms with Crippen molar-refractivity contribution in [3.05, 3.63) is 52.6 Å². The van der Waals surface area contributed by atoms with Crippen LogP contribution >= 0.6 is 11.3 Å². The van der Waals surface area contributed by atoms with Crippen molar-refractivity contribution in [3.63, 3.8) is 0 Å². The molecule has 0 radical (unpaired) electrons. The molecule has 1 N–H and O–H groups in total. The Hall–Kier alpha value is -2.34. The van der Waals surface area contributed by atoms with Crippen molar-refractivity contribution in [2.75, 3.05) is 18.9 Å². The Bertz CT molecular complexity index is 840. The zero-order valence-electron chi connectivity index (χ0n) is 12.9. The van der Waals surface area contributed by atoms with Crippen molar-refractivity contribution in [2.45, 2.75) is 18.9 Å². The number of nitrogens with one attached hydrogen (secondary N) is 1. The molecule has 1 atom stereocenters. The van der Waals surface area contributed by atoms with Crippen LogP contribution < -0.4 is 5.32 Å². The first-order valence-electron chi connectivity index (χ1n) is 7.78. The van der Waals surface area contributed by atoms with Crippen molar-refractivity contribution in [1.29, 1.82) is 0 Å². The van der Waals surface area contributed by atoms with E-state index in [9.17, 15) is 4.79 Å². The first-order chi connectivity index (χ1) is 11.3. The summed E-state index contributed by atoms with van der Waals surface area (Å²) in [6.45, 7) is 0.793. The fourth-order valence-electron chi connectivity index (χ4n) is 3.27. The third-order valence-corrected chi connectivity index (χ3v) is 5.22. The summed E-state index contributed by atoms with van der Waals surface area (Å²) in [6, 6.07) is 7.90. The molecule has 1 saturated heterocycles. The van der Waals surface area contributed by atoms with Crippen LogP contribution in [-0.4, -0.2) is 33.8 Å². The summed E-state index contributed by atoms with van der Waals surface area (Å²) >= 11 is 1.50. The van der Waals surface area contributed by atoms with Crippen LogP contribution in [0.3, 0.4) is 0 Å². The summed E-state index contributed by atoms with van der Waals surface area (Å²) in [5.41, 5.74) is 1.99. The Morgan fingerprint density at radius 2 is 2.30 bits per heavy atom. The fourth-order valence-corrected chi connectivity index (χ4v) is 3.95. The number of likely N-dealkylation sites (tertiary alicyclic amines) is 1. The number of aromatic nitrogens is 2. The van der Waals surface area contributed by atoms with Crippen molar-refractivity contribution >= 4 is 28.6 Å². The molecule has 1 amide bonds. The average molecular weight is 326 g/mol. The lowest BCUT2D eigenvalue weighted by atomic mass is 10.1. The molecule has 4 rings (SSSR count). The standard InChI is InChI=1S/C17H18N4OS/c1-18-16-14-6-2-8-20(14)11-12(19-16)13-5-3-9-21(13)17(22)15-7-4-10-23-15/h2,4,6-8,10-11,13H,3,5,9H2,1H3,(H,18,19)/t13-/m0/s1. The molecular formula is C17H18N4OS. The first kappa shape index (κ1) is 14.3. The molecule has 5 nitrogen and oxygen atoms in total. The van der Waals surface area contributed by atoms with Crippen LogP contribution in [0.5, 0.6) is 0 Å². The topological polar surface area (TPSA) is 49.6 Å². The number of carbonyl (C=O) groups is 1. The molecule has 0 aromatic carbocycles. The van der Waals surface area contributed by atoms with E-state index >= 15 is 0 Å². The van der Waals surface area contributed by atoms with E-state index in [1.165, 1.54) is 11.3 Å². The molecule has 4 heterocycles. The highest BCUT2D eigenvalue weighted by molar-refractivity contribution is 7.12. The van der Waals surface area contributed by atoms with Crippen LogP contribution in [0.4, 0.5) is 5.82 Å². The Morgan fingerprint density at radius 3 is 3.09 bits per heavy atom. The Balaban J connectivity index is 1.72. The summed E-state index contributed by atoms with van der Waals surface area (Å²) < 4.78 is 2.07. The molecule has 118 valence electrons. The van der Waals surface area contributed by atoms with Gasteiger partial charge in [0.15, 0.2) is 0 Å². The van der Waals surface area contributed by atoms with Crippen molar-refractivity contribution in [1.82, 2.24) is 14.3 Å².